The first-order chi connectivity index (χ1) is 15.2. The summed E-state index contributed by atoms with van der Waals surface area (Å²) in [6, 6.07) is 4.28. The molecule has 1 aromatic heterocycles. The van der Waals surface area contributed by atoms with Crippen LogP contribution >= 0.6 is 24.0 Å². The standard InChI is InChI=1S/C22H38N6O3.HI/c1-23-21(29)18-28-11-6-19(7-12-28)26-22(25-9-5-20-4-2-15-31-20)24-8-3-10-27-13-16-30-17-14-27;/h2,4,15,19H,3,5-14,16-18H2,1H3,(H,23,29)(H2,24,25,26);1H. The van der Waals surface area contributed by atoms with Gasteiger partial charge in [-0.3, -0.25) is 19.6 Å². The molecule has 0 atom stereocenters. The summed E-state index contributed by atoms with van der Waals surface area (Å²) < 4.78 is 10.8. The zero-order chi connectivity index (χ0) is 21.7. The Morgan fingerprint density at radius 2 is 1.97 bits per heavy atom. The van der Waals surface area contributed by atoms with Crippen molar-refractivity contribution in [3.05, 3.63) is 24.2 Å². The lowest BCUT2D eigenvalue weighted by Crippen LogP contribution is -2.50. The van der Waals surface area contributed by atoms with Crippen molar-refractivity contribution in [2.24, 2.45) is 4.99 Å². The number of nitrogens with zero attached hydrogens (tertiary/aromatic N) is 3. The molecular formula is C22H39IN6O3. The normalized spacial score (nSPS) is 18.7. The van der Waals surface area contributed by atoms with E-state index in [-0.39, 0.29) is 29.9 Å². The SMILES string of the molecule is CNC(=O)CN1CCC(NC(=NCCCN2CCOCC2)NCCc2ccco2)CC1.I. The molecule has 3 N–H and O–H groups in total. The molecule has 0 unspecified atom stereocenters. The molecule has 0 aromatic carbocycles. The third kappa shape index (κ3) is 10.1. The molecule has 3 heterocycles. The number of morpholine rings is 1. The van der Waals surface area contributed by atoms with Gasteiger partial charge in [0.1, 0.15) is 5.76 Å². The highest BCUT2D eigenvalue weighted by atomic mass is 127. The Hall–Kier alpha value is -1.37. The number of hydrogen-bond donors (Lipinski definition) is 3. The zero-order valence-corrected chi connectivity index (χ0v) is 21.5. The van der Waals surface area contributed by atoms with Gasteiger partial charge in [-0.15, -0.1) is 24.0 Å². The predicted molar refractivity (Wildman–Crippen MR) is 137 cm³/mol. The maximum Gasteiger partial charge on any atom is 0.233 e. The fraction of sp³-hybridized carbons (Fsp3) is 0.727. The van der Waals surface area contributed by atoms with Gasteiger partial charge in [0.25, 0.3) is 0 Å². The highest BCUT2D eigenvalue weighted by molar-refractivity contribution is 14.0. The lowest BCUT2D eigenvalue weighted by molar-refractivity contribution is -0.122. The van der Waals surface area contributed by atoms with Crippen molar-refractivity contribution >= 4 is 35.8 Å². The molecular weight excluding hydrogens is 523 g/mol. The fourth-order valence-corrected chi connectivity index (χ4v) is 3.93. The van der Waals surface area contributed by atoms with Crippen LogP contribution in [-0.4, -0.2) is 100 Å². The number of carbonyl (C=O) groups is 1. The Morgan fingerprint density at radius 1 is 1.19 bits per heavy atom. The van der Waals surface area contributed by atoms with E-state index >= 15 is 0 Å². The number of rotatable bonds is 10. The van der Waals surface area contributed by atoms with E-state index in [1.165, 1.54) is 0 Å². The fourth-order valence-electron chi connectivity index (χ4n) is 3.93. The molecule has 2 aliphatic heterocycles. The van der Waals surface area contributed by atoms with E-state index in [4.69, 9.17) is 14.1 Å². The second-order valence-electron chi connectivity index (χ2n) is 8.16. The second kappa shape index (κ2) is 15.5. The number of likely N-dealkylation sites (tertiary alicyclic amines) is 1. The summed E-state index contributed by atoms with van der Waals surface area (Å²) in [5, 5.41) is 9.77. The van der Waals surface area contributed by atoms with E-state index in [0.29, 0.717) is 12.6 Å². The number of furan rings is 1. The number of amides is 1. The van der Waals surface area contributed by atoms with Crippen molar-refractivity contribution in [1.82, 2.24) is 25.8 Å². The molecule has 0 saturated carbocycles. The minimum absolute atomic E-state index is 0. The number of nitrogens with one attached hydrogen (secondary N) is 3. The predicted octanol–water partition coefficient (Wildman–Crippen LogP) is 0.908. The quantitative estimate of drug-likeness (QED) is 0.169. The van der Waals surface area contributed by atoms with Crippen LogP contribution in [0.1, 0.15) is 25.0 Å². The molecule has 2 aliphatic rings. The van der Waals surface area contributed by atoms with Crippen LogP contribution in [0.25, 0.3) is 0 Å². The largest absolute Gasteiger partial charge is 0.469 e. The number of aliphatic imine (C=N–C) groups is 1. The summed E-state index contributed by atoms with van der Waals surface area (Å²) in [6.07, 6.45) is 5.58. The van der Waals surface area contributed by atoms with E-state index in [1.54, 1.807) is 13.3 Å². The monoisotopic (exact) mass is 562 g/mol. The van der Waals surface area contributed by atoms with Crippen molar-refractivity contribution in [3.63, 3.8) is 0 Å². The van der Waals surface area contributed by atoms with Crippen LogP contribution in [0.3, 0.4) is 0 Å². The maximum absolute atomic E-state index is 11.6. The van der Waals surface area contributed by atoms with E-state index in [9.17, 15) is 4.79 Å². The molecule has 1 amide bonds. The maximum atomic E-state index is 11.6. The van der Waals surface area contributed by atoms with Gasteiger partial charge in [0.15, 0.2) is 5.96 Å². The smallest absolute Gasteiger partial charge is 0.233 e. The van der Waals surface area contributed by atoms with Crippen molar-refractivity contribution in [1.29, 1.82) is 0 Å². The van der Waals surface area contributed by atoms with E-state index in [2.05, 4.69) is 25.8 Å². The van der Waals surface area contributed by atoms with Gasteiger partial charge in [0.2, 0.25) is 5.91 Å². The Labute approximate surface area is 208 Å². The Morgan fingerprint density at radius 3 is 2.66 bits per heavy atom. The molecule has 0 radical (unpaired) electrons. The number of halogens is 1. The summed E-state index contributed by atoms with van der Waals surface area (Å²) in [5.41, 5.74) is 0. The Bertz CT molecular complexity index is 659. The zero-order valence-electron chi connectivity index (χ0n) is 19.2. The van der Waals surface area contributed by atoms with Gasteiger partial charge in [0, 0.05) is 65.3 Å². The van der Waals surface area contributed by atoms with Crippen molar-refractivity contribution in [3.8, 4) is 0 Å². The van der Waals surface area contributed by atoms with Crippen molar-refractivity contribution in [2.75, 3.05) is 72.6 Å². The number of carbonyl (C=O) groups excluding carboxylic acids is 1. The molecule has 9 nitrogen and oxygen atoms in total. The average molecular weight is 562 g/mol. The molecule has 182 valence electrons. The lowest BCUT2D eigenvalue weighted by atomic mass is 10.1. The van der Waals surface area contributed by atoms with Gasteiger partial charge < -0.3 is 25.1 Å². The minimum Gasteiger partial charge on any atom is -0.469 e. The summed E-state index contributed by atoms with van der Waals surface area (Å²) in [4.78, 5) is 21.1. The number of ether oxygens (including phenoxy) is 1. The third-order valence-corrected chi connectivity index (χ3v) is 5.82. The first kappa shape index (κ1) is 26.9. The molecule has 32 heavy (non-hydrogen) atoms. The van der Waals surface area contributed by atoms with E-state index in [0.717, 1.165) is 96.4 Å². The van der Waals surface area contributed by atoms with Crippen LogP contribution < -0.4 is 16.0 Å². The Kier molecular flexibility index (Phi) is 13.0. The van der Waals surface area contributed by atoms with Gasteiger partial charge in [-0.05, 0) is 31.4 Å². The molecule has 0 spiro atoms. The number of guanidine groups is 1. The highest BCUT2D eigenvalue weighted by Gasteiger charge is 2.21. The highest BCUT2D eigenvalue weighted by Crippen LogP contribution is 2.10. The summed E-state index contributed by atoms with van der Waals surface area (Å²) in [5.74, 6) is 1.92. The lowest BCUT2D eigenvalue weighted by Gasteiger charge is -2.32. The molecule has 0 aliphatic carbocycles. The summed E-state index contributed by atoms with van der Waals surface area (Å²) >= 11 is 0. The van der Waals surface area contributed by atoms with Crippen LogP contribution in [0.5, 0.6) is 0 Å². The molecule has 3 rings (SSSR count). The molecule has 10 heteroatoms. The van der Waals surface area contributed by atoms with Crippen LogP contribution in [0.15, 0.2) is 27.8 Å². The van der Waals surface area contributed by atoms with Gasteiger partial charge in [-0.25, -0.2) is 0 Å². The number of likely N-dealkylation sites (N-methyl/N-ethyl adjacent to an activating group) is 1. The first-order valence-electron chi connectivity index (χ1n) is 11.5. The molecule has 2 saturated heterocycles. The van der Waals surface area contributed by atoms with Gasteiger partial charge in [-0.2, -0.15) is 0 Å². The average Bonchev–Trinajstić information content (AvgIpc) is 3.32. The number of piperidine rings is 1. The van der Waals surface area contributed by atoms with Crippen LogP contribution in [0.4, 0.5) is 0 Å². The Balaban J connectivity index is 0.00000363. The second-order valence-corrected chi connectivity index (χ2v) is 8.16. The van der Waals surface area contributed by atoms with Gasteiger partial charge in [0.05, 0.1) is 26.0 Å². The van der Waals surface area contributed by atoms with Crippen molar-refractivity contribution < 1.29 is 13.9 Å². The summed E-state index contributed by atoms with van der Waals surface area (Å²) in [7, 11) is 1.69. The van der Waals surface area contributed by atoms with Crippen LogP contribution in [0, 0.1) is 0 Å². The van der Waals surface area contributed by atoms with E-state index in [1.807, 2.05) is 12.1 Å². The van der Waals surface area contributed by atoms with Crippen LogP contribution in [-0.2, 0) is 16.0 Å². The molecule has 1 aromatic rings. The van der Waals surface area contributed by atoms with Crippen LogP contribution in [0.2, 0.25) is 0 Å². The van der Waals surface area contributed by atoms with Gasteiger partial charge in [-0.1, -0.05) is 0 Å². The summed E-state index contributed by atoms with van der Waals surface area (Å²) in [6.45, 7) is 8.66. The molecule has 0 bridgehead atoms. The third-order valence-electron chi connectivity index (χ3n) is 5.82. The topological polar surface area (TPSA) is 94.4 Å². The first-order valence-corrected chi connectivity index (χ1v) is 11.5. The molecule has 2 fully saturated rings. The van der Waals surface area contributed by atoms with E-state index < -0.39 is 0 Å². The van der Waals surface area contributed by atoms with Crippen molar-refractivity contribution in [2.45, 2.75) is 31.7 Å². The minimum atomic E-state index is 0. The number of hydrogen-bond acceptors (Lipinski definition) is 6. The van der Waals surface area contributed by atoms with Gasteiger partial charge >= 0.3 is 0 Å².